The molecule has 1 heterocycles. The van der Waals surface area contributed by atoms with Gasteiger partial charge in [-0.3, -0.25) is 0 Å². The quantitative estimate of drug-likeness (QED) is 0.664. The van der Waals surface area contributed by atoms with Crippen LogP contribution in [0.4, 0.5) is 0 Å². The molecule has 1 aromatic rings. The second kappa shape index (κ2) is 3.58. The van der Waals surface area contributed by atoms with E-state index in [4.69, 9.17) is 4.74 Å². The summed E-state index contributed by atoms with van der Waals surface area (Å²) in [7, 11) is 0. The maximum Gasteiger partial charge on any atom is 0.120 e. The molecule has 3 aliphatic rings. The molecule has 3 fully saturated rings. The lowest BCUT2D eigenvalue weighted by Crippen LogP contribution is -2.32. The van der Waals surface area contributed by atoms with E-state index < -0.39 is 0 Å². The molecule has 0 aromatic heterocycles. The zero-order valence-electron chi connectivity index (χ0n) is 10.3. The van der Waals surface area contributed by atoms with Crippen molar-refractivity contribution in [3.63, 3.8) is 0 Å². The van der Waals surface area contributed by atoms with Crippen LogP contribution in [0.5, 0.6) is 0 Å². The van der Waals surface area contributed by atoms with Crippen molar-refractivity contribution in [1.29, 1.82) is 0 Å². The van der Waals surface area contributed by atoms with Crippen LogP contribution in [-0.2, 0) is 10.3 Å². The first-order valence-electron chi connectivity index (χ1n) is 7.12. The summed E-state index contributed by atoms with van der Waals surface area (Å²) in [5, 5.41) is 0. The highest BCUT2D eigenvalue weighted by molar-refractivity contribution is 5.30. The Morgan fingerprint density at radius 1 is 1.00 bits per heavy atom. The highest BCUT2D eigenvalue weighted by Crippen LogP contribution is 2.60. The van der Waals surface area contributed by atoms with Gasteiger partial charge in [-0.05, 0) is 30.2 Å². The molecule has 0 N–H and O–H groups in total. The molecule has 2 aliphatic carbocycles. The Balaban J connectivity index is 1.62. The van der Waals surface area contributed by atoms with Crippen LogP contribution in [0.1, 0.15) is 44.1 Å². The van der Waals surface area contributed by atoms with Gasteiger partial charge in [0.2, 0.25) is 0 Å². The standard InChI is InChI=1S/C16H20O/c1-2-8-14(9-3-1)16-11-13-7-5-4-6-12(13)10-15(16)17-16/h1-3,8-9,12-13,15H,4-7,10-11H2/t12-,13-,15+,16+/m1/s1. The van der Waals surface area contributed by atoms with Crippen LogP contribution < -0.4 is 0 Å². The molecule has 1 aliphatic heterocycles. The largest absolute Gasteiger partial charge is 0.361 e. The molecule has 1 nitrogen and oxygen atoms in total. The molecule has 0 bridgehead atoms. The monoisotopic (exact) mass is 228 g/mol. The zero-order chi connectivity index (χ0) is 11.3. The zero-order valence-corrected chi connectivity index (χ0v) is 10.3. The van der Waals surface area contributed by atoms with Gasteiger partial charge < -0.3 is 4.74 Å². The summed E-state index contributed by atoms with van der Waals surface area (Å²) in [5.41, 5.74) is 1.55. The lowest BCUT2D eigenvalue weighted by molar-refractivity contribution is 0.158. The highest BCUT2D eigenvalue weighted by Gasteiger charge is 2.62. The predicted octanol–water partition coefficient (Wildman–Crippen LogP) is 3.88. The van der Waals surface area contributed by atoms with Crippen molar-refractivity contribution in [1.82, 2.24) is 0 Å². The van der Waals surface area contributed by atoms with Gasteiger partial charge in [0.05, 0.1) is 6.10 Å². The fourth-order valence-electron chi connectivity index (χ4n) is 4.26. The van der Waals surface area contributed by atoms with E-state index in [-0.39, 0.29) is 5.60 Å². The van der Waals surface area contributed by atoms with E-state index in [0.29, 0.717) is 6.10 Å². The van der Waals surface area contributed by atoms with E-state index in [0.717, 1.165) is 11.8 Å². The SMILES string of the molecule is c1ccc([C@@]23C[C@H]4CCCC[C@@H]4C[C@@H]2O3)cc1. The normalized spacial score (nSPS) is 43.6. The van der Waals surface area contributed by atoms with Crippen LogP contribution in [0.3, 0.4) is 0 Å². The summed E-state index contributed by atoms with van der Waals surface area (Å²) in [5.74, 6) is 1.90. The minimum atomic E-state index is 0.125. The Labute approximate surface area is 103 Å². The number of fused-ring (bicyclic) bond motifs is 2. The van der Waals surface area contributed by atoms with E-state index in [9.17, 15) is 0 Å². The molecule has 0 radical (unpaired) electrons. The van der Waals surface area contributed by atoms with Crippen LogP contribution in [-0.4, -0.2) is 6.10 Å². The Morgan fingerprint density at radius 2 is 1.76 bits per heavy atom. The third-order valence-electron chi connectivity index (χ3n) is 5.23. The van der Waals surface area contributed by atoms with Crippen molar-refractivity contribution in [2.24, 2.45) is 11.8 Å². The molecule has 4 rings (SSSR count). The second-order valence-electron chi connectivity index (χ2n) is 6.11. The molecule has 1 saturated heterocycles. The molecule has 90 valence electrons. The fourth-order valence-corrected chi connectivity index (χ4v) is 4.26. The van der Waals surface area contributed by atoms with Crippen molar-refractivity contribution >= 4 is 0 Å². The summed E-state index contributed by atoms with van der Waals surface area (Å²) in [6.45, 7) is 0. The molecular formula is C16H20O. The van der Waals surface area contributed by atoms with E-state index in [2.05, 4.69) is 30.3 Å². The maximum absolute atomic E-state index is 6.14. The molecule has 4 atom stereocenters. The third-order valence-corrected chi connectivity index (χ3v) is 5.23. The van der Waals surface area contributed by atoms with Gasteiger partial charge in [0.1, 0.15) is 5.60 Å². The van der Waals surface area contributed by atoms with E-state index in [1.54, 1.807) is 0 Å². The van der Waals surface area contributed by atoms with E-state index in [1.165, 1.54) is 44.1 Å². The summed E-state index contributed by atoms with van der Waals surface area (Å²) >= 11 is 0. The highest BCUT2D eigenvalue weighted by atomic mass is 16.6. The van der Waals surface area contributed by atoms with Gasteiger partial charge in [-0.15, -0.1) is 0 Å². The predicted molar refractivity (Wildman–Crippen MR) is 67.7 cm³/mol. The number of ether oxygens (including phenoxy) is 1. The average Bonchev–Trinajstić information content (AvgIpc) is 3.11. The van der Waals surface area contributed by atoms with E-state index in [1.807, 2.05) is 0 Å². The van der Waals surface area contributed by atoms with Crippen molar-refractivity contribution in [3.8, 4) is 0 Å². The molecule has 0 amide bonds. The molecule has 17 heavy (non-hydrogen) atoms. The van der Waals surface area contributed by atoms with E-state index >= 15 is 0 Å². The first kappa shape index (κ1) is 10.1. The summed E-state index contributed by atoms with van der Waals surface area (Å²) < 4.78 is 6.14. The van der Waals surface area contributed by atoms with Crippen molar-refractivity contribution < 1.29 is 4.74 Å². The number of hydrogen-bond donors (Lipinski definition) is 0. The van der Waals surface area contributed by atoms with Gasteiger partial charge in [-0.2, -0.15) is 0 Å². The van der Waals surface area contributed by atoms with Gasteiger partial charge >= 0.3 is 0 Å². The lowest BCUT2D eigenvalue weighted by atomic mass is 9.66. The summed E-state index contributed by atoms with van der Waals surface area (Å²) in [4.78, 5) is 0. The Kier molecular flexibility index (Phi) is 2.14. The number of hydrogen-bond acceptors (Lipinski definition) is 1. The summed E-state index contributed by atoms with van der Waals surface area (Å²) in [6.07, 6.45) is 8.92. The Hall–Kier alpha value is -0.820. The smallest absolute Gasteiger partial charge is 0.120 e. The molecule has 0 unspecified atom stereocenters. The Bertz CT molecular complexity index is 413. The minimum Gasteiger partial charge on any atom is -0.361 e. The first-order chi connectivity index (χ1) is 8.38. The molecule has 1 heteroatoms. The van der Waals surface area contributed by atoms with Crippen molar-refractivity contribution in [2.45, 2.75) is 50.2 Å². The molecular weight excluding hydrogens is 208 g/mol. The van der Waals surface area contributed by atoms with Crippen LogP contribution in [0.2, 0.25) is 0 Å². The average molecular weight is 228 g/mol. The van der Waals surface area contributed by atoms with Crippen molar-refractivity contribution in [2.75, 3.05) is 0 Å². The van der Waals surface area contributed by atoms with Gasteiger partial charge in [-0.25, -0.2) is 0 Å². The molecule has 2 saturated carbocycles. The number of epoxide rings is 1. The third kappa shape index (κ3) is 1.48. The van der Waals surface area contributed by atoms with Gasteiger partial charge in [-0.1, -0.05) is 56.0 Å². The summed E-state index contributed by atoms with van der Waals surface area (Å²) in [6, 6.07) is 10.9. The van der Waals surface area contributed by atoms with Gasteiger partial charge in [0.15, 0.2) is 0 Å². The Morgan fingerprint density at radius 3 is 2.59 bits per heavy atom. The first-order valence-corrected chi connectivity index (χ1v) is 7.12. The molecule has 0 spiro atoms. The van der Waals surface area contributed by atoms with Crippen LogP contribution >= 0.6 is 0 Å². The fraction of sp³-hybridized carbons (Fsp3) is 0.625. The second-order valence-corrected chi connectivity index (χ2v) is 6.11. The molecule has 1 aromatic carbocycles. The van der Waals surface area contributed by atoms with Gasteiger partial charge in [0.25, 0.3) is 0 Å². The maximum atomic E-state index is 6.14. The number of benzene rings is 1. The lowest BCUT2D eigenvalue weighted by Gasteiger charge is -2.36. The van der Waals surface area contributed by atoms with Crippen molar-refractivity contribution in [3.05, 3.63) is 35.9 Å². The van der Waals surface area contributed by atoms with Crippen LogP contribution in [0.25, 0.3) is 0 Å². The minimum absolute atomic E-state index is 0.125. The van der Waals surface area contributed by atoms with Gasteiger partial charge in [0, 0.05) is 0 Å². The van der Waals surface area contributed by atoms with Crippen LogP contribution in [0.15, 0.2) is 30.3 Å². The number of rotatable bonds is 1. The van der Waals surface area contributed by atoms with Crippen LogP contribution in [0, 0.1) is 11.8 Å². The topological polar surface area (TPSA) is 12.5 Å².